The highest BCUT2D eigenvalue weighted by Crippen LogP contribution is 2.34. The number of Topliss-reactive ketones (excluding diaryl/α,β-unsaturated/α-hetero) is 2. The Bertz CT molecular complexity index is 1200. The minimum Gasteiger partial charge on any atom is -0.438 e. The number of hydrogen-bond acceptors (Lipinski definition) is 5. The fourth-order valence-electron chi connectivity index (χ4n) is 3.14. The van der Waals surface area contributed by atoms with Gasteiger partial charge in [-0.2, -0.15) is 13.2 Å². The summed E-state index contributed by atoms with van der Waals surface area (Å²) in [5.41, 5.74) is 0.644. The van der Waals surface area contributed by atoms with E-state index >= 15 is 0 Å². The minimum atomic E-state index is -4.55. The molecule has 0 amide bonds. The Kier molecular flexibility index (Phi) is 5.71. The second kappa shape index (κ2) is 8.47. The SMILES string of the molecule is O=C1C(=CCNc2ccc(Oc3ncc(C(F)(F)F)cc3Cl)cc2)C(=O)c2ccccc21. The van der Waals surface area contributed by atoms with E-state index in [1.54, 1.807) is 54.6 Å². The van der Waals surface area contributed by atoms with Crippen molar-refractivity contribution in [3.63, 3.8) is 0 Å². The van der Waals surface area contributed by atoms with Crippen molar-refractivity contribution < 1.29 is 27.5 Å². The molecule has 0 atom stereocenters. The summed E-state index contributed by atoms with van der Waals surface area (Å²) in [6.45, 7) is 0.243. The molecule has 5 nitrogen and oxygen atoms in total. The molecule has 0 saturated carbocycles. The highest BCUT2D eigenvalue weighted by molar-refractivity contribution is 6.39. The van der Waals surface area contributed by atoms with Crippen LogP contribution in [0.15, 0.2) is 72.4 Å². The molecule has 32 heavy (non-hydrogen) atoms. The Balaban J connectivity index is 1.38. The number of fused-ring (bicyclic) bond motifs is 1. The number of ketones is 2. The predicted molar refractivity (Wildman–Crippen MR) is 112 cm³/mol. The fraction of sp³-hybridized carbons (Fsp3) is 0.0870. The van der Waals surface area contributed by atoms with Crippen molar-refractivity contribution in [3.8, 4) is 11.6 Å². The normalized spacial score (nSPS) is 13.2. The second-order valence-corrected chi connectivity index (χ2v) is 7.24. The van der Waals surface area contributed by atoms with Gasteiger partial charge < -0.3 is 10.1 Å². The zero-order valence-corrected chi connectivity index (χ0v) is 17.0. The van der Waals surface area contributed by atoms with Crippen molar-refractivity contribution in [2.75, 3.05) is 11.9 Å². The maximum absolute atomic E-state index is 12.7. The number of carbonyl (C=O) groups excluding carboxylic acids is 2. The van der Waals surface area contributed by atoms with Crippen molar-refractivity contribution in [1.29, 1.82) is 0 Å². The first-order chi connectivity index (χ1) is 15.2. The molecular formula is C23H14ClF3N2O3. The predicted octanol–water partition coefficient (Wildman–Crippen LogP) is 5.96. The molecule has 1 aliphatic rings. The molecule has 0 bridgehead atoms. The van der Waals surface area contributed by atoms with Crippen LogP contribution in [-0.4, -0.2) is 23.1 Å². The summed E-state index contributed by atoms with van der Waals surface area (Å²) in [7, 11) is 0. The smallest absolute Gasteiger partial charge is 0.417 e. The molecule has 0 unspecified atom stereocenters. The number of ether oxygens (including phenoxy) is 1. The summed E-state index contributed by atoms with van der Waals surface area (Å²) < 4.78 is 43.5. The van der Waals surface area contributed by atoms with E-state index in [0.29, 0.717) is 28.8 Å². The molecule has 0 spiro atoms. The van der Waals surface area contributed by atoms with Gasteiger partial charge in [0.1, 0.15) is 10.8 Å². The van der Waals surface area contributed by atoms with Crippen LogP contribution in [0, 0.1) is 0 Å². The Morgan fingerprint density at radius 3 is 2.19 bits per heavy atom. The van der Waals surface area contributed by atoms with Crippen molar-refractivity contribution in [2.24, 2.45) is 0 Å². The van der Waals surface area contributed by atoms with E-state index in [9.17, 15) is 22.8 Å². The lowest BCUT2D eigenvalue weighted by molar-refractivity contribution is -0.137. The van der Waals surface area contributed by atoms with Crippen LogP contribution in [0.25, 0.3) is 0 Å². The van der Waals surface area contributed by atoms with Crippen molar-refractivity contribution in [3.05, 3.63) is 94.2 Å². The number of pyridine rings is 1. The van der Waals surface area contributed by atoms with Crippen LogP contribution in [0.4, 0.5) is 18.9 Å². The molecule has 0 fully saturated rings. The number of anilines is 1. The van der Waals surface area contributed by atoms with E-state index in [2.05, 4.69) is 10.3 Å². The van der Waals surface area contributed by atoms with Gasteiger partial charge in [0.25, 0.3) is 0 Å². The van der Waals surface area contributed by atoms with Gasteiger partial charge in [0.15, 0.2) is 11.6 Å². The van der Waals surface area contributed by atoms with Crippen LogP contribution in [0.5, 0.6) is 11.6 Å². The number of aromatic nitrogens is 1. The van der Waals surface area contributed by atoms with Crippen LogP contribution >= 0.6 is 11.6 Å². The van der Waals surface area contributed by atoms with Gasteiger partial charge in [-0.15, -0.1) is 0 Å². The molecule has 1 aliphatic carbocycles. The van der Waals surface area contributed by atoms with Crippen LogP contribution in [-0.2, 0) is 6.18 Å². The number of benzene rings is 2. The number of nitrogens with zero attached hydrogens (tertiary/aromatic N) is 1. The molecule has 1 heterocycles. The molecule has 2 aromatic carbocycles. The molecule has 0 aliphatic heterocycles. The number of hydrogen-bond donors (Lipinski definition) is 1. The van der Waals surface area contributed by atoms with Gasteiger partial charge in [-0.1, -0.05) is 41.9 Å². The quantitative estimate of drug-likeness (QED) is 0.377. The number of allylic oxidation sites excluding steroid dienone is 1. The summed E-state index contributed by atoms with van der Waals surface area (Å²) >= 11 is 5.84. The third-order valence-corrected chi connectivity index (χ3v) is 4.99. The van der Waals surface area contributed by atoms with Gasteiger partial charge in [0, 0.05) is 29.6 Å². The highest BCUT2D eigenvalue weighted by atomic mass is 35.5. The van der Waals surface area contributed by atoms with Gasteiger partial charge >= 0.3 is 6.18 Å². The van der Waals surface area contributed by atoms with Crippen LogP contribution in [0.3, 0.4) is 0 Å². The molecular weight excluding hydrogens is 445 g/mol. The monoisotopic (exact) mass is 458 g/mol. The highest BCUT2D eigenvalue weighted by Gasteiger charge is 2.32. The van der Waals surface area contributed by atoms with Crippen LogP contribution in [0.2, 0.25) is 5.02 Å². The van der Waals surface area contributed by atoms with Crippen molar-refractivity contribution >= 4 is 28.9 Å². The molecule has 3 aromatic rings. The van der Waals surface area contributed by atoms with Crippen LogP contribution in [0.1, 0.15) is 26.3 Å². The lowest BCUT2D eigenvalue weighted by Crippen LogP contribution is -2.06. The maximum Gasteiger partial charge on any atom is 0.417 e. The van der Waals surface area contributed by atoms with Gasteiger partial charge in [0.05, 0.1) is 11.1 Å². The van der Waals surface area contributed by atoms with E-state index in [1.165, 1.54) is 0 Å². The summed E-state index contributed by atoms with van der Waals surface area (Å²) in [6.07, 6.45) is -2.36. The minimum absolute atomic E-state index is 0.127. The third-order valence-electron chi connectivity index (χ3n) is 4.72. The first-order valence-corrected chi connectivity index (χ1v) is 9.75. The first-order valence-electron chi connectivity index (χ1n) is 9.37. The van der Waals surface area contributed by atoms with Gasteiger partial charge in [-0.05, 0) is 30.3 Å². The van der Waals surface area contributed by atoms with E-state index in [0.717, 1.165) is 6.07 Å². The Hall–Kier alpha value is -3.65. The van der Waals surface area contributed by atoms with E-state index in [4.69, 9.17) is 16.3 Å². The second-order valence-electron chi connectivity index (χ2n) is 6.84. The zero-order valence-electron chi connectivity index (χ0n) is 16.2. The molecule has 0 saturated heterocycles. The average Bonchev–Trinajstić information content (AvgIpc) is 3.01. The van der Waals surface area contributed by atoms with E-state index in [-0.39, 0.29) is 34.6 Å². The van der Waals surface area contributed by atoms with Gasteiger partial charge in [0.2, 0.25) is 5.88 Å². The lowest BCUT2D eigenvalue weighted by atomic mass is 10.1. The Morgan fingerprint density at radius 2 is 1.62 bits per heavy atom. The Labute approximate surface area is 185 Å². The van der Waals surface area contributed by atoms with Gasteiger partial charge in [-0.3, -0.25) is 9.59 Å². The number of rotatable bonds is 5. The zero-order chi connectivity index (χ0) is 22.9. The summed E-state index contributed by atoms with van der Waals surface area (Å²) in [6, 6.07) is 13.9. The number of alkyl halides is 3. The fourth-order valence-corrected chi connectivity index (χ4v) is 3.34. The number of halogens is 4. The molecule has 1 N–H and O–H groups in total. The van der Waals surface area contributed by atoms with Crippen LogP contribution < -0.4 is 10.1 Å². The van der Waals surface area contributed by atoms with Crippen molar-refractivity contribution in [1.82, 2.24) is 4.98 Å². The topological polar surface area (TPSA) is 68.3 Å². The summed E-state index contributed by atoms with van der Waals surface area (Å²) in [5, 5.41) is 2.80. The number of carbonyl (C=O) groups is 2. The van der Waals surface area contributed by atoms with E-state index in [1.807, 2.05) is 0 Å². The first kappa shape index (κ1) is 21.6. The molecule has 1 aromatic heterocycles. The third kappa shape index (κ3) is 4.36. The maximum atomic E-state index is 12.7. The number of nitrogens with one attached hydrogen (secondary N) is 1. The standard InChI is InChI=1S/C23H14ClF3N2O3/c24-19-11-13(23(25,26)27)12-29-22(19)32-15-7-5-14(6-8-15)28-10-9-18-20(30)16-3-1-2-4-17(16)21(18)31/h1-9,11-12,28H,10H2. The van der Waals surface area contributed by atoms with Crippen molar-refractivity contribution in [2.45, 2.75) is 6.18 Å². The summed E-state index contributed by atoms with van der Waals surface area (Å²) in [4.78, 5) is 28.3. The lowest BCUT2D eigenvalue weighted by Gasteiger charge is -2.10. The largest absolute Gasteiger partial charge is 0.438 e. The molecule has 9 heteroatoms. The average molecular weight is 459 g/mol. The summed E-state index contributed by atoms with van der Waals surface area (Å²) in [5.74, 6) is -0.420. The molecule has 0 radical (unpaired) electrons. The molecule has 162 valence electrons. The molecule has 4 rings (SSSR count). The Morgan fingerprint density at radius 1 is 1.00 bits per heavy atom. The van der Waals surface area contributed by atoms with Gasteiger partial charge in [-0.25, -0.2) is 4.98 Å². The van der Waals surface area contributed by atoms with E-state index < -0.39 is 11.7 Å².